The summed E-state index contributed by atoms with van der Waals surface area (Å²) in [5.74, 6) is -0.209. The number of aryl methyl sites for hydroxylation is 1. The number of carbonyl (C=O) groups excluding carboxylic acids is 3. The van der Waals surface area contributed by atoms with E-state index < -0.39 is 17.9 Å². The minimum absolute atomic E-state index is 0.0194. The Morgan fingerprint density at radius 3 is 2.37 bits per heavy atom. The molecule has 1 aliphatic rings. The number of ether oxygens (including phenoxy) is 2. The van der Waals surface area contributed by atoms with Gasteiger partial charge in [-0.25, -0.2) is 0 Å². The van der Waals surface area contributed by atoms with Gasteiger partial charge in [-0.2, -0.15) is 0 Å². The van der Waals surface area contributed by atoms with Gasteiger partial charge in [0.1, 0.15) is 6.61 Å². The number of nitrogens with zero attached hydrogens (tertiary/aromatic N) is 1. The first-order valence-electron chi connectivity index (χ1n) is 9.43. The minimum atomic E-state index is -0.877. The zero-order chi connectivity index (χ0) is 21.5. The predicted octanol–water partition coefficient (Wildman–Crippen LogP) is 0.853. The van der Waals surface area contributed by atoms with Crippen LogP contribution in [-0.4, -0.2) is 55.5 Å². The number of fused-ring (bicyclic) bond motifs is 1. The van der Waals surface area contributed by atoms with Gasteiger partial charge in [-0.15, -0.1) is 0 Å². The van der Waals surface area contributed by atoms with Crippen LogP contribution in [0.4, 0.5) is 5.69 Å². The maximum atomic E-state index is 12.2. The first-order valence-corrected chi connectivity index (χ1v) is 9.43. The van der Waals surface area contributed by atoms with Crippen molar-refractivity contribution in [2.75, 3.05) is 32.1 Å². The SMILES string of the molecule is Cc1ccc(NC(=O)CN(C)CC(=O)NNC(=O)[C@@H]2COc3ccccc3O2)cc1. The van der Waals surface area contributed by atoms with Crippen LogP contribution < -0.4 is 25.6 Å². The number of hydrazine groups is 1. The number of rotatable bonds is 6. The summed E-state index contributed by atoms with van der Waals surface area (Å²) < 4.78 is 11.0. The molecule has 9 heteroatoms. The van der Waals surface area contributed by atoms with Crippen LogP contribution in [0.15, 0.2) is 48.5 Å². The first-order chi connectivity index (χ1) is 14.4. The van der Waals surface area contributed by atoms with Gasteiger partial charge in [-0.3, -0.25) is 30.1 Å². The monoisotopic (exact) mass is 412 g/mol. The van der Waals surface area contributed by atoms with Crippen LogP contribution in [0.5, 0.6) is 11.5 Å². The molecule has 158 valence electrons. The number of amides is 3. The molecule has 0 fully saturated rings. The van der Waals surface area contributed by atoms with Crippen molar-refractivity contribution in [3.63, 3.8) is 0 Å². The molecule has 2 aromatic carbocycles. The summed E-state index contributed by atoms with van der Waals surface area (Å²) in [6.07, 6.45) is -0.877. The highest BCUT2D eigenvalue weighted by atomic mass is 16.6. The minimum Gasteiger partial charge on any atom is -0.485 e. The van der Waals surface area contributed by atoms with Gasteiger partial charge in [0.15, 0.2) is 11.5 Å². The molecule has 3 N–H and O–H groups in total. The van der Waals surface area contributed by atoms with Crippen molar-refractivity contribution < 1.29 is 23.9 Å². The van der Waals surface area contributed by atoms with Gasteiger partial charge in [-0.05, 0) is 38.2 Å². The number of benzene rings is 2. The zero-order valence-corrected chi connectivity index (χ0v) is 16.8. The Bertz CT molecular complexity index is 916. The molecule has 3 rings (SSSR count). The van der Waals surface area contributed by atoms with Crippen molar-refractivity contribution in [1.82, 2.24) is 15.8 Å². The number of carbonyl (C=O) groups is 3. The lowest BCUT2D eigenvalue weighted by molar-refractivity contribution is -0.135. The van der Waals surface area contributed by atoms with E-state index in [4.69, 9.17) is 9.47 Å². The Balaban J connectivity index is 1.38. The van der Waals surface area contributed by atoms with Crippen molar-refractivity contribution in [2.45, 2.75) is 13.0 Å². The maximum absolute atomic E-state index is 12.2. The Hall–Kier alpha value is -3.59. The van der Waals surface area contributed by atoms with Crippen molar-refractivity contribution >= 4 is 23.4 Å². The summed E-state index contributed by atoms with van der Waals surface area (Å²) in [6, 6.07) is 14.4. The topological polar surface area (TPSA) is 109 Å². The molecule has 1 heterocycles. The Morgan fingerprint density at radius 1 is 0.967 bits per heavy atom. The number of hydrogen-bond donors (Lipinski definition) is 3. The van der Waals surface area contributed by atoms with Crippen LogP contribution >= 0.6 is 0 Å². The summed E-state index contributed by atoms with van der Waals surface area (Å²) in [7, 11) is 1.63. The van der Waals surface area contributed by atoms with Gasteiger partial charge < -0.3 is 14.8 Å². The number of hydrogen-bond acceptors (Lipinski definition) is 6. The van der Waals surface area contributed by atoms with Crippen molar-refractivity contribution in [3.8, 4) is 11.5 Å². The van der Waals surface area contributed by atoms with E-state index in [1.54, 1.807) is 31.3 Å². The second kappa shape index (κ2) is 9.75. The van der Waals surface area contributed by atoms with Crippen LogP contribution in [0.3, 0.4) is 0 Å². The third kappa shape index (κ3) is 5.95. The van der Waals surface area contributed by atoms with E-state index in [0.29, 0.717) is 17.2 Å². The van der Waals surface area contributed by atoms with Gasteiger partial charge in [0, 0.05) is 5.69 Å². The van der Waals surface area contributed by atoms with Crippen LogP contribution in [-0.2, 0) is 14.4 Å². The molecule has 0 saturated heterocycles. The van der Waals surface area contributed by atoms with Gasteiger partial charge in [0.05, 0.1) is 13.1 Å². The van der Waals surface area contributed by atoms with E-state index in [2.05, 4.69) is 16.2 Å². The standard InChI is InChI=1S/C21H24N4O5/c1-14-7-9-15(10-8-14)22-19(26)11-25(2)12-20(27)23-24-21(28)18-13-29-16-5-3-4-6-17(16)30-18/h3-10,18H,11-13H2,1-2H3,(H,22,26)(H,23,27)(H,24,28)/t18-/m0/s1. The molecule has 1 aliphatic heterocycles. The molecule has 0 aromatic heterocycles. The highest BCUT2D eigenvalue weighted by Crippen LogP contribution is 2.30. The van der Waals surface area contributed by atoms with Crippen LogP contribution in [0.25, 0.3) is 0 Å². The molecule has 0 aliphatic carbocycles. The number of para-hydroxylation sites is 2. The van der Waals surface area contributed by atoms with Gasteiger partial charge in [0.2, 0.25) is 12.0 Å². The van der Waals surface area contributed by atoms with Crippen molar-refractivity contribution in [1.29, 1.82) is 0 Å². The van der Waals surface area contributed by atoms with Crippen LogP contribution in [0.2, 0.25) is 0 Å². The Morgan fingerprint density at radius 2 is 1.63 bits per heavy atom. The molecular weight excluding hydrogens is 388 g/mol. The van der Waals surface area contributed by atoms with Crippen molar-refractivity contribution in [3.05, 3.63) is 54.1 Å². The number of anilines is 1. The average Bonchev–Trinajstić information content (AvgIpc) is 2.73. The van der Waals surface area contributed by atoms with Gasteiger partial charge in [0.25, 0.3) is 11.8 Å². The second-order valence-electron chi connectivity index (χ2n) is 6.99. The molecule has 1 atom stereocenters. The van der Waals surface area contributed by atoms with Crippen LogP contribution in [0.1, 0.15) is 5.56 Å². The summed E-state index contributed by atoms with van der Waals surface area (Å²) in [5, 5.41) is 2.76. The van der Waals surface area contributed by atoms with Crippen molar-refractivity contribution in [2.24, 2.45) is 0 Å². The summed E-state index contributed by atoms with van der Waals surface area (Å²) in [4.78, 5) is 37.8. The van der Waals surface area contributed by atoms with E-state index in [0.717, 1.165) is 5.56 Å². The van der Waals surface area contributed by atoms with E-state index in [1.807, 2.05) is 31.2 Å². The fourth-order valence-electron chi connectivity index (χ4n) is 2.78. The smallest absolute Gasteiger partial charge is 0.283 e. The third-order valence-electron chi connectivity index (χ3n) is 4.29. The summed E-state index contributed by atoms with van der Waals surface area (Å²) >= 11 is 0. The first kappa shape index (κ1) is 21.1. The molecule has 0 saturated carbocycles. The Labute approximate surface area is 174 Å². The largest absolute Gasteiger partial charge is 0.485 e. The van der Waals surface area contributed by atoms with E-state index >= 15 is 0 Å². The normalized spacial score (nSPS) is 14.7. The number of likely N-dealkylation sites (N-methyl/N-ethyl adjacent to an activating group) is 1. The molecule has 0 unspecified atom stereocenters. The second-order valence-corrected chi connectivity index (χ2v) is 6.99. The quantitative estimate of drug-likeness (QED) is 0.607. The molecular formula is C21H24N4O5. The summed E-state index contributed by atoms with van der Waals surface area (Å²) in [5.41, 5.74) is 6.42. The van der Waals surface area contributed by atoms with Gasteiger partial charge >= 0.3 is 0 Å². The molecule has 0 spiro atoms. The predicted molar refractivity (Wildman–Crippen MR) is 110 cm³/mol. The highest BCUT2D eigenvalue weighted by Gasteiger charge is 2.27. The average molecular weight is 412 g/mol. The molecule has 9 nitrogen and oxygen atoms in total. The lowest BCUT2D eigenvalue weighted by Crippen LogP contribution is -2.52. The zero-order valence-electron chi connectivity index (χ0n) is 16.8. The van der Waals surface area contributed by atoms with E-state index in [9.17, 15) is 14.4 Å². The van der Waals surface area contributed by atoms with E-state index in [-0.39, 0.29) is 25.6 Å². The lowest BCUT2D eigenvalue weighted by atomic mass is 10.2. The Kier molecular flexibility index (Phi) is 6.87. The fourth-order valence-corrected chi connectivity index (χ4v) is 2.78. The molecule has 30 heavy (non-hydrogen) atoms. The highest BCUT2D eigenvalue weighted by molar-refractivity contribution is 5.92. The molecule has 3 amide bonds. The van der Waals surface area contributed by atoms with Crippen LogP contribution in [0, 0.1) is 6.92 Å². The molecule has 2 aromatic rings. The fraction of sp³-hybridized carbons (Fsp3) is 0.286. The summed E-state index contributed by atoms with van der Waals surface area (Å²) in [6.45, 7) is 1.94. The van der Waals surface area contributed by atoms with Gasteiger partial charge in [-0.1, -0.05) is 29.8 Å². The lowest BCUT2D eigenvalue weighted by Gasteiger charge is -2.25. The van der Waals surface area contributed by atoms with E-state index in [1.165, 1.54) is 4.90 Å². The molecule has 0 radical (unpaired) electrons. The number of nitrogens with one attached hydrogen (secondary N) is 3. The molecule has 0 bridgehead atoms. The third-order valence-corrected chi connectivity index (χ3v) is 4.29. The maximum Gasteiger partial charge on any atom is 0.283 e.